The van der Waals surface area contributed by atoms with Crippen LogP contribution in [0.2, 0.25) is 0 Å². The van der Waals surface area contributed by atoms with Gasteiger partial charge in [0.2, 0.25) is 0 Å². The highest BCUT2D eigenvalue weighted by atomic mass is 19.4. The standard InChI is InChI=1S/C21H24FN5O.2C2HF3O2/c1-25-13-19-23-24-20(17-2-4-18(22)5-3-17)27(19)21(15-25)7-9-26(10-8-21)12-16-6-11-28-14-16;2*3-2(4,5)1(6)7/h2-6,11,14H,7-10,12-13,15H2,1H3;2*(H,6,7). The molecule has 2 aromatic heterocycles. The van der Waals surface area contributed by atoms with Gasteiger partial charge in [0, 0.05) is 37.3 Å². The molecule has 0 amide bonds. The summed E-state index contributed by atoms with van der Waals surface area (Å²) in [6.07, 6.45) is -4.54. The maximum absolute atomic E-state index is 13.4. The number of alkyl halides is 6. The summed E-state index contributed by atoms with van der Waals surface area (Å²) in [6, 6.07) is 8.61. The monoisotopic (exact) mass is 609 g/mol. The van der Waals surface area contributed by atoms with E-state index in [-0.39, 0.29) is 11.4 Å². The molecule has 4 heterocycles. The molecule has 0 aliphatic carbocycles. The molecule has 0 atom stereocenters. The Morgan fingerprint density at radius 3 is 1.98 bits per heavy atom. The van der Waals surface area contributed by atoms with Crippen molar-refractivity contribution in [1.82, 2.24) is 24.6 Å². The molecule has 17 heteroatoms. The zero-order valence-electron chi connectivity index (χ0n) is 22.0. The number of carbonyl (C=O) groups is 2. The van der Waals surface area contributed by atoms with Crippen molar-refractivity contribution in [2.45, 2.75) is 43.8 Å². The van der Waals surface area contributed by atoms with Gasteiger partial charge in [0.15, 0.2) is 5.82 Å². The molecule has 0 radical (unpaired) electrons. The van der Waals surface area contributed by atoms with E-state index in [0.717, 1.165) is 62.8 Å². The third kappa shape index (κ3) is 8.28. The molecule has 0 unspecified atom stereocenters. The van der Waals surface area contributed by atoms with Crippen molar-refractivity contribution in [3.05, 3.63) is 60.1 Å². The molecule has 0 saturated carbocycles. The van der Waals surface area contributed by atoms with Crippen LogP contribution in [0.4, 0.5) is 30.7 Å². The molecule has 42 heavy (non-hydrogen) atoms. The Labute approximate surface area is 234 Å². The Bertz CT molecular complexity index is 1310. The highest BCUT2D eigenvalue weighted by Crippen LogP contribution is 2.39. The summed E-state index contributed by atoms with van der Waals surface area (Å²) >= 11 is 0. The van der Waals surface area contributed by atoms with Crippen LogP contribution in [0.25, 0.3) is 11.4 Å². The molecule has 1 aromatic carbocycles. The molecule has 10 nitrogen and oxygen atoms in total. The Morgan fingerprint density at radius 1 is 0.952 bits per heavy atom. The Hall–Kier alpha value is -3.99. The Morgan fingerprint density at radius 2 is 1.50 bits per heavy atom. The molecule has 0 bridgehead atoms. The van der Waals surface area contributed by atoms with Crippen LogP contribution in [0.5, 0.6) is 0 Å². The van der Waals surface area contributed by atoms with Gasteiger partial charge < -0.3 is 19.2 Å². The van der Waals surface area contributed by atoms with Gasteiger partial charge in [-0.2, -0.15) is 26.3 Å². The number of nitrogens with zero attached hydrogens (tertiary/aromatic N) is 5. The van der Waals surface area contributed by atoms with E-state index in [4.69, 9.17) is 24.2 Å². The molecule has 1 spiro atoms. The van der Waals surface area contributed by atoms with Crippen LogP contribution in [0, 0.1) is 5.82 Å². The van der Waals surface area contributed by atoms with Crippen LogP contribution >= 0.6 is 0 Å². The maximum Gasteiger partial charge on any atom is 0.490 e. The zero-order valence-corrected chi connectivity index (χ0v) is 22.0. The van der Waals surface area contributed by atoms with E-state index in [2.05, 4.69) is 31.6 Å². The van der Waals surface area contributed by atoms with E-state index >= 15 is 0 Å². The summed E-state index contributed by atoms with van der Waals surface area (Å²) in [5.74, 6) is -3.90. The molecule has 2 N–H and O–H groups in total. The Kier molecular flexibility index (Phi) is 9.98. The van der Waals surface area contributed by atoms with Crippen LogP contribution in [0.15, 0.2) is 47.3 Å². The molecule has 230 valence electrons. The van der Waals surface area contributed by atoms with Gasteiger partial charge in [-0.1, -0.05) is 0 Å². The number of hydrogen-bond donors (Lipinski definition) is 2. The normalized spacial score (nSPS) is 17.0. The minimum Gasteiger partial charge on any atom is -0.475 e. The Balaban J connectivity index is 0.000000289. The third-order valence-electron chi connectivity index (χ3n) is 6.54. The van der Waals surface area contributed by atoms with Crippen LogP contribution < -0.4 is 0 Å². The van der Waals surface area contributed by atoms with E-state index in [1.807, 2.05) is 12.3 Å². The summed E-state index contributed by atoms with van der Waals surface area (Å²) in [4.78, 5) is 22.6. The van der Waals surface area contributed by atoms with Crippen LogP contribution in [0.3, 0.4) is 0 Å². The highest BCUT2D eigenvalue weighted by Gasteiger charge is 2.43. The quantitative estimate of drug-likeness (QED) is 0.417. The minimum atomic E-state index is -5.08. The zero-order chi connectivity index (χ0) is 31.3. The average molecular weight is 609 g/mol. The number of benzene rings is 1. The predicted octanol–water partition coefficient (Wildman–Crippen LogP) is 4.38. The first-order valence-corrected chi connectivity index (χ1v) is 12.2. The van der Waals surface area contributed by atoms with Gasteiger partial charge in [0.1, 0.15) is 11.6 Å². The molecule has 3 aromatic rings. The van der Waals surface area contributed by atoms with Crippen molar-refractivity contribution in [2.24, 2.45) is 0 Å². The van der Waals surface area contributed by atoms with Gasteiger partial charge in [0.25, 0.3) is 0 Å². The summed E-state index contributed by atoms with van der Waals surface area (Å²) in [5.41, 5.74) is 2.11. The van der Waals surface area contributed by atoms with Crippen molar-refractivity contribution >= 4 is 11.9 Å². The SMILES string of the molecule is CN1Cc2nnc(-c3ccc(F)cc3)n2C2(CCN(Cc3ccoc3)CC2)C1.O=C(O)C(F)(F)F.O=C(O)C(F)(F)F. The topological polar surface area (TPSA) is 125 Å². The minimum absolute atomic E-state index is 0.0253. The van der Waals surface area contributed by atoms with Crippen molar-refractivity contribution in [3.63, 3.8) is 0 Å². The fourth-order valence-corrected chi connectivity index (χ4v) is 4.72. The van der Waals surface area contributed by atoms with Crippen molar-refractivity contribution < 1.29 is 55.0 Å². The number of likely N-dealkylation sites (tertiary alicyclic amines) is 1. The number of hydrogen-bond acceptors (Lipinski definition) is 7. The van der Waals surface area contributed by atoms with Crippen LogP contribution in [-0.4, -0.2) is 85.8 Å². The lowest BCUT2D eigenvalue weighted by Crippen LogP contribution is -2.55. The summed E-state index contributed by atoms with van der Waals surface area (Å²) < 4.78 is 84.4. The molecule has 2 aliphatic rings. The number of fused-ring (bicyclic) bond motifs is 2. The van der Waals surface area contributed by atoms with Gasteiger partial charge in [-0.3, -0.25) is 9.80 Å². The van der Waals surface area contributed by atoms with Gasteiger partial charge >= 0.3 is 24.3 Å². The lowest BCUT2D eigenvalue weighted by molar-refractivity contribution is -0.193. The number of aromatic nitrogens is 3. The van der Waals surface area contributed by atoms with Gasteiger partial charge in [-0.05, 0) is 50.2 Å². The van der Waals surface area contributed by atoms with Crippen LogP contribution in [-0.2, 0) is 28.2 Å². The highest BCUT2D eigenvalue weighted by molar-refractivity contribution is 5.73. The number of aliphatic carboxylic acids is 2. The van der Waals surface area contributed by atoms with Gasteiger partial charge in [-0.15, -0.1) is 10.2 Å². The summed E-state index contributed by atoms with van der Waals surface area (Å²) in [6.45, 7) is 4.71. The van der Waals surface area contributed by atoms with Gasteiger partial charge in [-0.25, -0.2) is 14.0 Å². The smallest absolute Gasteiger partial charge is 0.475 e. The fraction of sp³-hybridized carbons (Fsp3) is 0.440. The average Bonchev–Trinajstić information content (AvgIpc) is 3.56. The summed E-state index contributed by atoms with van der Waals surface area (Å²) in [7, 11) is 2.15. The number of likely N-dealkylation sites (N-methyl/N-ethyl adjacent to an activating group) is 1. The van der Waals surface area contributed by atoms with E-state index in [1.54, 1.807) is 18.4 Å². The third-order valence-corrected chi connectivity index (χ3v) is 6.54. The second-order valence-electron chi connectivity index (χ2n) is 9.69. The second kappa shape index (κ2) is 12.9. The molecular weight excluding hydrogens is 583 g/mol. The lowest BCUT2D eigenvalue weighted by atomic mass is 9.84. The second-order valence-corrected chi connectivity index (χ2v) is 9.69. The number of carboxylic acid groups (broad SMARTS) is 2. The van der Waals surface area contributed by atoms with Crippen molar-refractivity contribution in [2.75, 3.05) is 26.7 Å². The van der Waals surface area contributed by atoms with E-state index < -0.39 is 24.3 Å². The lowest BCUT2D eigenvalue weighted by Gasteiger charge is -2.48. The number of furan rings is 1. The fourth-order valence-electron chi connectivity index (χ4n) is 4.72. The van der Waals surface area contributed by atoms with Crippen molar-refractivity contribution in [1.29, 1.82) is 0 Å². The number of carboxylic acids is 2. The van der Waals surface area contributed by atoms with E-state index in [1.165, 1.54) is 17.7 Å². The van der Waals surface area contributed by atoms with Crippen molar-refractivity contribution in [3.8, 4) is 11.4 Å². The summed E-state index contributed by atoms with van der Waals surface area (Å²) in [5, 5.41) is 23.2. The first kappa shape index (κ1) is 32.5. The van der Waals surface area contributed by atoms with E-state index in [9.17, 15) is 30.7 Å². The predicted molar refractivity (Wildman–Crippen MR) is 130 cm³/mol. The number of piperidine rings is 1. The molecule has 1 saturated heterocycles. The maximum atomic E-state index is 13.4. The molecule has 1 fully saturated rings. The largest absolute Gasteiger partial charge is 0.490 e. The van der Waals surface area contributed by atoms with Crippen LogP contribution in [0.1, 0.15) is 24.2 Å². The molecular formula is C25H26F7N5O5. The first-order chi connectivity index (χ1) is 19.5. The first-order valence-electron chi connectivity index (χ1n) is 12.2. The van der Waals surface area contributed by atoms with E-state index in [0.29, 0.717) is 0 Å². The number of rotatable bonds is 3. The number of halogens is 7. The molecule has 2 aliphatic heterocycles. The molecule has 5 rings (SSSR count). The van der Waals surface area contributed by atoms with Gasteiger partial charge in [0.05, 0.1) is 24.6 Å².